The molecule has 0 aromatic heterocycles. The van der Waals surface area contributed by atoms with Gasteiger partial charge in [0.2, 0.25) is 0 Å². The van der Waals surface area contributed by atoms with E-state index in [1.807, 2.05) is 32.0 Å². The Hall–Kier alpha value is -2.75. The Labute approximate surface area is 185 Å². The van der Waals surface area contributed by atoms with Crippen molar-refractivity contribution in [3.63, 3.8) is 0 Å². The summed E-state index contributed by atoms with van der Waals surface area (Å²) in [6.07, 6.45) is 7.78. The van der Waals surface area contributed by atoms with Crippen LogP contribution in [-0.4, -0.2) is 26.3 Å². The fourth-order valence-electron chi connectivity index (χ4n) is 4.51. The van der Waals surface area contributed by atoms with E-state index in [1.165, 1.54) is 24.0 Å². The van der Waals surface area contributed by atoms with Gasteiger partial charge in [0.25, 0.3) is 0 Å². The molecule has 3 rings (SSSR count). The van der Waals surface area contributed by atoms with Gasteiger partial charge in [-0.3, -0.25) is 0 Å². The Morgan fingerprint density at radius 2 is 1.84 bits per heavy atom. The van der Waals surface area contributed by atoms with Crippen LogP contribution in [0.15, 0.2) is 41.5 Å². The zero-order valence-corrected chi connectivity index (χ0v) is 19.8. The van der Waals surface area contributed by atoms with Crippen LogP contribution in [0.5, 0.6) is 11.5 Å². The molecule has 4 heteroatoms. The minimum Gasteiger partial charge on any atom is -0.496 e. The fraction of sp³-hybridized carbons (Fsp3) is 0.444. The summed E-state index contributed by atoms with van der Waals surface area (Å²) in [6, 6.07) is 7.58. The highest BCUT2D eigenvalue weighted by Crippen LogP contribution is 2.42. The van der Waals surface area contributed by atoms with Crippen molar-refractivity contribution < 1.29 is 19.0 Å². The maximum absolute atomic E-state index is 12.4. The van der Waals surface area contributed by atoms with Gasteiger partial charge in [0.05, 0.1) is 31.3 Å². The van der Waals surface area contributed by atoms with Gasteiger partial charge in [0.15, 0.2) is 0 Å². The molecule has 4 nitrogen and oxygen atoms in total. The maximum atomic E-state index is 12.4. The van der Waals surface area contributed by atoms with Crippen molar-refractivity contribution in [2.75, 3.05) is 14.2 Å². The van der Waals surface area contributed by atoms with Gasteiger partial charge < -0.3 is 14.2 Å². The number of methoxy groups -OCH3 is 2. The average molecular weight is 423 g/mol. The number of ether oxygens (including phenoxy) is 3. The zero-order chi connectivity index (χ0) is 22.8. The number of benzene rings is 2. The van der Waals surface area contributed by atoms with Crippen LogP contribution in [0.25, 0.3) is 16.8 Å². The monoisotopic (exact) mass is 422 g/mol. The van der Waals surface area contributed by atoms with Crippen LogP contribution in [0.1, 0.15) is 69.8 Å². The van der Waals surface area contributed by atoms with E-state index in [2.05, 4.69) is 32.9 Å². The van der Waals surface area contributed by atoms with Crippen molar-refractivity contribution >= 4 is 22.8 Å². The van der Waals surface area contributed by atoms with Crippen LogP contribution in [-0.2, 0) is 4.74 Å². The third-order valence-electron chi connectivity index (χ3n) is 6.04. The molecule has 0 saturated carbocycles. The van der Waals surface area contributed by atoms with Gasteiger partial charge in [-0.1, -0.05) is 43.7 Å². The average Bonchev–Trinajstić information content (AvgIpc) is 2.71. The van der Waals surface area contributed by atoms with E-state index in [4.69, 9.17) is 14.2 Å². The number of carbonyl (C=O) groups is 1. The summed E-state index contributed by atoms with van der Waals surface area (Å²) >= 11 is 0. The first-order chi connectivity index (χ1) is 14.7. The standard InChI is InChI=1S/C27H34O4/c1-17(2)31-26(28)21-15-20-11-10-19(25(30-7)24(20)23(16-21)29-6)12-13-22-18(3)9-8-14-27(22,4)5/h10-13,15-17H,8-9,14H2,1-7H3/b13-12+. The molecule has 2 aromatic carbocycles. The summed E-state index contributed by atoms with van der Waals surface area (Å²) < 4.78 is 16.8. The Morgan fingerprint density at radius 3 is 2.45 bits per heavy atom. The topological polar surface area (TPSA) is 44.8 Å². The highest BCUT2D eigenvalue weighted by molar-refractivity contribution is 6.02. The number of hydrogen-bond donors (Lipinski definition) is 0. The lowest BCUT2D eigenvalue weighted by Gasteiger charge is -2.33. The van der Waals surface area contributed by atoms with Crippen molar-refractivity contribution in [2.45, 2.75) is 60.0 Å². The minimum absolute atomic E-state index is 0.173. The number of hydrogen-bond acceptors (Lipinski definition) is 4. The molecule has 0 radical (unpaired) electrons. The lowest BCUT2D eigenvalue weighted by molar-refractivity contribution is 0.0377. The van der Waals surface area contributed by atoms with Crippen molar-refractivity contribution in [1.29, 1.82) is 0 Å². The van der Waals surface area contributed by atoms with E-state index in [1.54, 1.807) is 20.3 Å². The van der Waals surface area contributed by atoms with E-state index in [-0.39, 0.29) is 17.5 Å². The highest BCUT2D eigenvalue weighted by atomic mass is 16.5. The predicted octanol–water partition coefficient (Wildman–Crippen LogP) is 6.96. The van der Waals surface area contributed by atoms with Crippen LogP contribution in [0, 0.1) is 5.41 Å². The lowest BCUT2D eigenvalue weighted by atomic mass is 9.72. The van der Waals surface area contributed by atoms with E-state index < -0.39 is 0 Å². The molecular formula is C27H34O4. The highest BCUT2D eigenvalue weighted by Gasteiger charge is 2.26. The second-order valence-corrected chi connectivity index (χ2v) is 9.18. The van der Waals surface area contributed by atoms with Crippen molar-refractivity contribution in [3.05, 3.63) is 52.6 Å². The molecule has 31 heavy (non-hydrogen) atoms. The van der Waals surface area contributed by atoms with Gasteiger partial charge in [0.1, 0.15) is 11.5 Å². The van der Waals surface area contributed by atoms with E-state index >= 15 is 0 Å². The smallest absolute Gasteiger partial charge is 0.338 e. The Balaban J connectivity index is 2.10. The molecule has 0 bridgehead atoms. The fourth-order valence-corrected chi connectivity index (χ4v) is 4.51. The third-order valence-corrected chi connectivity index (χ3v) is 6.04. The molecule has 1 aliphatic carbocycles. The number of esters is 1. The lowest BCUT2D eigenvalue weighted by Crippen LogP contribution is -2.18. The Bertz CT molecular complexity index is 1040. The summed E-state index contributed by atoms with van der Waals surface area (Å²) in [5.74, 6) is 0.968. The molecule has 0 atom stereocenters. The molecule has 2 aromatic rings. The molecule has 0 aliphatic heterocycles. The molecule has 1 aliphatic rings. The summed E-state index contributed by atoms with van der Waals surface area (Å²) in [7, 11) is 3.27. The van der Waals surface area contributed by atoms with Crippen molar-refractivity contribution in [2.24, 2.45) is 5.41 Å². The number of allylic oxidation sites excluding steroid dienone is 3. The van der Waals surface area contributed by atoms with E-state index in [0.717, 1.165) is 28.5 Å². The molecule has 0 N–H and O–H groups in total. The summed E-state index contributed by atoms with van der Waals surface area (Å²) in [4.78, 5) is 12.4. The van der Waals surface area contributed by atoms with Gasteiger partial charge >= 0.3 is 5.97 Å². The zero-order valence-electron chi connectivity index (χ0n) is 19.8. The van der Waals surface area contributed by atoms with Crippen LogP contribution in [0.4, 0.5) is 0 Å². The first-order valence-corrected chi connectivity index (χ1v) is 11.0. The third kappa shape index (κ3) is 4.79. The number of rotatable bonds is 6. The second kappa shape index (κ2) is 9.17. The maximum Gasteiger partial charge on any atom is 0.338 e. The summed E-state index contributed by atoms with van der Waals surface area (Å²) in [5, 5.41) is 1.72. The summed E-state index contributed by atoms with van der Waals surface area (Å²) in [5.41, 5.74) is 4.48. The Morgan fingerprint density at radius 1 is 1.10 bits per heavy atom. The molecular weight excluding hydrogens is 388 g/mol. The predicted molar refractivity (Wildman–Crippen MR) is 127 cm³/mol. The van der Waals surface area contributed by atoms with Crippen LogP contribution >= 0.6 is 0 Å². The van der Waals surface area contributed by atoms with Gasteiger partial charge in [-0.15, -0.1) is 0 Å². The summed E-state index contributed by atoms with van der Waals surface area (Å²) in [6.45, 7) is 10.5. The second-order valence-electron chi connectivity index (χ2n) is 9.18. The largest absolute Gasteiger partial charge is 0.496 e. The van der Waals surface area contributed by atoms with Gasteiger partial charge in [-0.05, 0) is 68.5 Å². The van der Waals surface area contributed by atoms with Crippen molar-refractivity contribution in [3.8, 4) is 11.5 Å². The normalized spacial score (nSPS) is 16.3. The van der Waals surface area contributed by atoms with E-state index in [9.17, 15) is 4.79 Å². The van der Waals surface area contributed by atoms with Crippen LogP contribution in [0.2, 0.25) is 0 Å². The van der Waals surface area contributed by atoms with E-state index in [0.29, 0.717) is 11.3 Å². The molecule has 0 amide bonds. The molecule has 0 fully saturated rings. The molecule has 0 unspecified atom stereocenters. The number of fused-ring (bicyclic) bond motifs is 1. The Kier molecular flexibility index (Phi) is 6.78. The van der Waals surface area contributed by atoms with Gasteiger partial charge in [0, 0.05) is 5.56 Å². The molecule has 0 spiro atoms. The van der Waals surface area contributed by atoms with Crippen LogP contribution in [0.3, 0.4) is 0 Å². The minimum atomic E-state index is -0.361. The van der Waals surface area contributed by atoms with Crippen LogP contribution < -0.4 is 9.47 Å². The first kappa shape index (κ1) is 22.9. The van der Waals surface area contributed by atoms with Crippen molar-refractivity contribution in [1.82, 2.24) is 0 Å². The van der Waals surface area contributed by atoms with Gasteiger partial charge in [-0.2, -0.15) is 0 Å². The molecule has 166 valence electrons. The number of carbonyl (C=O) groups excluding carboxylic acids is 1. The SMILES string of the molecule is COc1cc(C(=O)OC(C)C)cc2ccc(/C=C/C3=C(C)CCCC3(C)C)c(OC)c12. The molecule has 0 saturated heterocycles. The molecule has 0 heterocycles. The first-order valence-electron chi connectivity index (χ1n) is 11.0. The van der Waals surface area contributed by atoms with Gasteiger partial charge in [-0.25, -0.2) is 4.79 Å². The quantitative estimate of drug-likeness (QED) is 0.472.